The summed E-state index contributed by atoms with van der Waals surface area (Å²) in [5.41, 5.74) is 0.534. The molecule has 0 aliphatic carbocycles. The van der Waals surface area contributed by atoms with Gasteiger partial charge in [0.1, 0.15) is 0 Å². The molecule has 0 bridgehead atoms. The van der Waals surface area contributed by atoms with Crippen LogP contribution in [-0.4, -0.2) is 46.8 Å². The Bertz CT molecular complexity index is 756. The largest absolute Gasteiger partial charge is 0.354 e. The molecule has 1 aromatic carbocycles. The minimum Gasteiger partial charge on any atom is -0.354 e. The fourth-order valence-electron chi connectivity index (χ4n) is 2.76. The molecule has 7 heteroatoms. The number of amides is 1. The third kappa shape index (κ3) is 5.28. The van der Waals surface area contributed by atoms with Gasteiger partial charge in [0.05, 0.1) is 17.5 Å². The summed E-state index contributed by atoms with van der Waals surface area (Å²) in [5, 5.41) is 8.67. The van der Waals surface area contributed by atoms with Gasteiger partial charge in [-0.05, 0) is 26.1 Å². The fourth-order valence-corrected chi connectivity index (χ4v) is 2.76. The van der Waals surface area contributed by atoms with Crippen molar-refractivity contribution in [2.75, 3.05) is 26.2 Å². The SMILES string of the molecule is CCN(CC)CCNC(=O)Cc1nn(CC)c(=O)c2ccccc12.Cl. The molecule has 25 heavy (non-hydrogen) atoms. The highest BCUT2D eigenvalue weighted by molar-refractivity contribution is 5.88. The van der Waals surface area contributed by atoms with Gasteiger partial charge in [0.2, 0.25) is 5.91 Å². The number of hydrogen-bond donors (Lipinski definition) is 1. The summed E-state index contributed by atoms with van der Waals surface area (Å²) in [5.74, 6) is -0.0684. The van der Waals surface area contributed by atoms with E-state index >= 15 is 0 Å². The molecule has 1 heterocycles. The molecule has 0 radical (unpaired) electrons. The van der Waals surface area contributed by atoms with Gasteiger partial charge in [-0.15, -0.1) is 12.4 Å². The van der Waals surface area contributed by atoms with Gasteiger partial charge < -0.3 is 10.2 Å². The number of benzene rings is 1. The van der Waals surface area contributed by atoms with Crippen molar-refractivity contribution in [3.63, 3.8) is 0 Å². The van der Waals surface area contributed by atoms with E-state index in [2.05, 4.69) is 29.2 Å². The highest BCUT2D eigenvalue weighted by Crippen LogP contribution is 2.13. The number of nitrogens with one attached hydrogen (secondary N) is 1. The van der Waals surface area contributed by atoms with Crippen molar-refractivity contribution in [2.45, 2.75) is 33.7 Å². The van der Waals surface area contributed by atoms with E-state index in [9.17, 15) is 9.59 Å². The predicted octanol–water partition coefficient (Wildman–Crippen LogP) is 1.84. The number of fused-ring (bicyclic) bond motifs is 1. The van der Waals surface area contributed by atoms with Gasteiger partial charge in [-0.2, -0.15) is 5.10 Å². The molecule has 1 aromatic heterocycles. The molecular weight excluding hydrogens is 340 g/mol. The number of likely N-dealkylation sites (N-methyl/N-ethyl adjacent to an activating group) is 1. The van der Waals surface area contributed by atoms with Crippen molar-refractivity contribution in [3.8, 4) is 0 Å². The van der Waals surface area contributed by atoms with Crippen LogP contribution in [0.1, 0.15) is 26.5 Å². The molecule has 0 saturated carbocycles. The predicted molar refractivity (Wildman–Crippen MR) is 103 cm³/mol. The third-order valence-corrected chi connectivity index (χ3v) is 4.22. The maximum Gasteiger partial charge on any atom is 0.274 e. The van der Waals surface area contributed by atoms with Crippen LogP contribution in [0.4, 0.5) is 0 Å². The average Bonchev–Trinajstić information content (AvgIpc) is 2.61. The van der Waals surface area contributed by atoms with E-state index in [1.807, 2.05) is 25.1 Å². The number of carbonyl (C=O) groups excluding carboxylic acids is 1. The van der Waals surface area contributed by atoms with E-state index in [0.29, 0.717) is 24.2 Å². The van der Waals surface area contributed by atoms with E-state index in [4.69, 9.17) is 0 Å². The molecular formula is C18H27ClN4O2. The minimum absolute atomic E-state index is 0. The molecule has 0 aliphatic heterocycles. The van der Waals surface area contributed by atoms with E-state index in [-0.39, 0.29) is 30.3 Å². The maximum atomic E-state index is 12.3. The molecule has 2 rings (SSSR count). The Balaban J connectivity index is 0.00000312. The van der Waals surface area contributed by atoms with E-state index in [1.54, 1.807) is 6.07 Å². The van der Waals surface area contributed by atoms with Gasteiger partial charge in [-0.25, -0.2) is 4.68 Å². The number of nitrogens with zero attached hydrogens (tertiary/aromatic N) is 3. The van der Waals surface area contributed by atoms with Crippen LogP contribution in [0, 0.1) is 0 Å². The number of rotatable bonds is 8. The van der Waals surface area contributed by atoms with Crippen LogP contribution in [0.25, 0.3) is 10.8 Å². The molecule has 6 nitrogen and oxygen atoms in total. The van der Waals surface area contributed by atoms with Crippen molar-refractivity contribution < 1.29 is 4.79 Å². The third-order valence-electron chi connectivity index (χ3n) is 4.22. The highest BCUT2D eigenvalue weighted by atomic mass is 35.5. The Hall–Kier alpha value is -1.92. The number of carbonyl (C=O) groups is 1. The first-order valence-corrected chi connectivity index (χ1v) is 8.58. The van der Waals surface area contributed by atoms with Crippen LogP contribution in [0.2, 0.25) is 0 Å². The van der Waals surface area contributed by atoms with E-state index in [1.165, 1.54) is 4.68 Å². The second kappa shape index (κ2) is 10.2. The van der Waals surface area contributed by atoms with Gasteiger partial charge in [0, 0.05) is 25.0 Å². The molecule has 0 aliphatic rings. The summed E-state index contributed by atoms with van der Waals surface area (Å²) in [6.45, 7) is 9.97. The second-order valence-corrected chi connectivity index (χ2v) is 5.67. The van der Waals surface area contributed by atoms with Crippen LogP contribution in [0.3, 0.4) is 0 Å². The fraction of sp³-hybridized carbons (Fsp3) is 0.500. The van der Waals surface area contributed by atoms with Crippen molar-refractivity contribution in [2.24, 2.45) is 0 Å². The molecule has 0 saturated heterocycles. The average molecular weight is 367 g/mol. The Morgan fingerprint density at radius 2 is 1.80 bits per heavy atom. The van der Waals surface area contributed by atoms with Gasteiger partial charge in [0.25, 0.3) is 5.56 Å². The zero-order chi connectivity index (χ0) is 17.5. The lowest BCUT2D eigenvalue weighted by atomic mass is 10.1. The van der Waals surface area contributed by atoms with Crippen LogP contribution in [0.15, 0.2) is 29.1 Å². The molecule has 0 atom stereocenters. The molecule has 0 unspecified atom stereocenters. The summed E-state index contributed by atoms with van der Waals surface area (Å²) in [6, 6.07) is 7.33. The van der Waals surface area contributed by atoms with Gasteiger partial charge in [-0.1, -0.05) is 32.0 Å². The second-order valence-electron chi connectivity index (χ2n) is 5.67. The van der Waals surface area contributed by atoms with Crippen LogP contribution in [-0.2, 0) is 17.8 Å². The molecule has 0 fully saturated rings. The quantitative estimate of drug-likeness (QED) is 0.774. The highest BCUT2D eigenvalue weighted by Gasteiger charge is 2.13. The molecule has 1 N–H and O–H groups in total. The number of aromatic nitrogens is 2. The summed E-state index contributed by atoms with van der Waals surface area (Å²) >= 11 is 0. The first kappa shape index (κ1) is 21.1. The maximum absolute atomic E-state index is 12.3. The smallest absolute Gasteiger partial charge is 0.274 e. The summed E-state index contributed by atoms with van der Waals surface area (Å²) in [6.07, 6.45) is 0.180. The topological polar surface area (TPSA) is 67.2 Å². The summed E-state index contributed by atoms with van der Waals surface area (Å²) in [4.78, 5) is 26.8. The zero-order valence-corrected chi connectivity index (χ0v) is 15.9. The zero-order valence-electron chi connectivity index (χ0n) is 15.1. The van der Waals surface area contributed by atoms with Crippen molar-refractivity contribution in [3.05, 3.63) is 40.3 Å². The minimum atomic E-state index is -0.112. The van der Waals surface area contributed by atoms with Crippen molar-refractivity contribution in [1.29, 1.82) is 0 Å². The van der Waals surface area contributed by atoms with Crippen molar-refractivity contribution >= 4 is 29.1 Å². The van der Waals surface area contributed by atoms with E-state index in [0.717, 1.165) is 25.0 Å². The van der Waals surface area contributed by atoms with Gasteiger partial charge in [-0.3, -0.25) is 9.59 Å². The molecule has 2 aromatic rings. The first-order chi connectivity index (χ1) is 11.6. The van der Waals surface area contributed by atoms with Gasteiger partial charge >= 0.3 is 0 Å². The lowest BCUT2D eigenvalue weighted by Gasteiger charge is -2.18. The Labute approximate surface area is 154 Å². The van der Waals surface area contributed by atoms with Crippen LogP contribution in [0.5, 0.6) is 0 Å². The normalized spacial score (nSPS) is 10.7. The molecule has 138 valence electrons. The number of aryl methyl sites for hydroxylation is 1. The van der Waals surface area contributed by atoms with Crippen molar-refractivity contribution in [1.82, 2.24) is 20.0 Å². The molecule has 1 amide bonds. The van der Waals surface area contributed by atoms with E-state index < -0.39 is 0 Å². The lowest BCUT2D eigenvalue weighted by molar-refractivity contribution is -0.120. The Kier molecular flexibility index (Phi) is 8.58. The Morgan fingerprint density at radius 3 is 2.40 bits per heavy atom. The van der Waals surface area contributed by atoms with Crippen LogP contribution >= 0.6 is 12.4 Å². The molecule has 0 spiro atoms. The Morgan fingerprint density at radius 1 is 1.16 bits per heavy atom. The lowest BCUT2D eigenvalue weighted by Crippen LogP contribution is -2.36. The van der Waals surface area contributed by atoms with Gasteiger partial charge in [0.15, 0.2) is 0 Å². The monoisotopic (exact) mass is 366 g/mol. The summed E-state index contributed by atoms with van der Waals surface area (Å²) in [7, 11) is 0. The standard InChI is InChI=1S/C18H26N4O2.ClH/c1-4-21(5-2)12-11-19-17(23)13-16-14-9-7-8-10-15(14)18(24)22(6-3)20-16;/h7-10H,4-6,11-13H2,1-3H3,(H,19,23);1H. The van der Waals surface area contributed by atoms with Crippen LogP contribution < -0.4 is 10.9 Å². The number of hydrogen-bond acceptors (Lipinski definition) is 4. The first-order valence-electron chi connectivity index (χ1n) is 8.58. The number of halogens is 1. The summed E-state index contributed by atoms with van der Waals surface area (Å²) < 4.78 is 1.42.